The standard InChI is InChI=1S/C18H18N4O4S2/c1-26-8-7-22-17(25)11-4-2-3-5-13(11)20-18(22)28-10-14(23)21-16-12(15(19)24)6-9-27-16/h2-6,9H,7-8,10H2,1H3,(H2,19,24)(H,21,23). The van der Waals surface area contributed by atoms with Crippen molar-refractivity contribution in [3.63, 3.8) is 0 Å². The topological polar surface area (TPSA) is 116 Å². The Hall–Kier alpha value is -2.69. The maximum atomic E-state index is 12.8. The molecule has 0 bridgehead atoms. The molecule has 3 N–H and O–H groups in total. The number of rotatable bonds is 8. The molecule has 28 heavy (non-hydrogen) atoms. The van der Waals surface area contributed by atoms with Crippen LogP contribution in [0, 0.1) is 0 Å². The first kappa shape index (κ1) is 20.1. The van der Waals surface area contributed by atoms with Crippen molar-refractivity contribution in [3.8, 4) is 0 Å². The SMILES string of the molecule is COCCn1c(SCC(=O)Nc2sccc2C(N)=O)nc2ccccc2c1=O. The van der Waals surface area contributed by atoms with E-state index in [2.05, 4.69) is 10.3 Å². The van der Waals surface area contributed by atoms with Crippen LogP contribution in [0.5, 0.6) is 0 Å². The number of amides is 2. The van der Waals surface area contributed by atoms with Crippen LogP contribution in [0.3, 0.4) is 0 Å². The minimum absolute atomic E-state index is 0.0217. The number of thioether (sulfide) groups is 1. The van der Waals surface area contributed by atoms with Crippen LogP contribution in [0.4, 0.5) is 5.00 Å². The number of nitrogens with zero attached hydrogens (tertiary/aromatic N) is 2. The summed E-state index contributed by atoms with van der Waals surface area (Å²) in [6.07, 6.45) is 0. The molecule has 0 unspecified atom stereocenters. The number of methoxy groups -OCH3 is 1. The van der Waals surface area contributed by atoms with Crippen molar-refractivity contribution in [2.75, 3.05) is 24.8 Å². The highest BCUT2D eigenvalue weighted by Gasteiger charge is 2.15. The Bertz CT molecular complexity index is 1080. The number of primary amides is 1. The highest BCUT2D eigenvalue weighted by atomic mass is 32.2. The van der Waals surface area contributed by atoms with Gasteiger partial charge in [0, 0.05) is 7.11 Å². The number of hydrogen-bond donors (Lipinski definition) is 2. The van der Waals surface area contributed by atoms with Gasteiger partial charge in [0.15, 0.2) is 5.16 Å². The predicted octanol–water partition coefficient (Wildman–Crippen LogP) is 1.93. The number of anilines is 1. The zero-order valence-electron chi connectivity index (χ0n) is 15.0. The van der Waals surface area contributed by atoms with E-state index in [-0.39, 0.29) is 22.8 Å². The number of thiophene rings is 1. The van der Waals surface area contributed by atoms with Crippen molar-refractivity contribution < 1.29 is 14.3 Å². The average Bonchev–Trinajstić information content (AvgIpc) is 3.14. The van der Waals surface area contributed by atoms with Gasteiger partial charge in [-0.25, -0.2) is 4.98 Å². The maximum absolute atomic E-state index is 12.8. The third-order valence-corrected chi connectivity index (χ3v) is 5.67. The second-order valence-electron chi connectivity index (χ2n) is 5.73. The number of carbonyl (C=O) groups excluding carboxylic acids is 2. The summed E-state index contributed by atoms with van der Waals surface area (Å²) in [5.74, 6) is -0.905. The number of nitrogens with two attached hydrogens (primary N) is 1. The van der Waals surface area contributed by atoms with Gasteiger partial charge in [-0.05, 0) is 23.6 Å². The molecule has 0 fully saturated rings. The lowest BCUT2D eigenvalue weighted by atomic mass is 10.2. The number of aromatic nitrogens is 2. The molecule has 0 aliphatic heterocycles. The normalized spacial score (nSPS) is 10.9. The van der Waals surface area contributed by atoms with Gasteiger partial charge in [0.05, 0.1) is 35.4 Å². The zero-order chi connectivity index (χ0) is 20.1. The van der Waals surface area contributed by atoms with Gasteiger partial charge in [-0.3, -0.25) is 19.0 Å². The van der Waals surface area contributed by atoms with Crippen LogP contribution in [-0.2, 0) is 16.1 Å². The lowest BCUT2D eigenvalue weighted by molar-refractivity contribution is -0.113. The van der Waals surface area contributed by atoms with Crippen LogP contribution >= 0.6 is 23.1 Å². The number of benzene rings is 1. The monoisotopic (exact) mass is 418 g/mol. The quantitative estimate of drug-likeness (QED) is 0.427. The first-order valence-corrected chi connectivity index (χ1v) is 10.2. The lowest BCUT2D eigenvalue weighted by Gasteiger charge is -2.12. The smallest absolute Gasteiger partial charge is 0.262 e. The summed E-state index contributed by atoms with van der Waals surface area (Å²) in [6, 6.07) is 8.62. The third-order valence-electron chi connectivity index (χ3n) is 3.86. The van der Waals surface area contributed by atoms with E-state index in [1.54, 1.807) is 42.8 Å². The number of carbonyl (C=O) groups is 2. The fourth-order valence-corrected chi connectivity index (χ4v) is 4.16. The Kier molecular flexibility index (Phi) is 6.45. The van der Waals surface area contributed by atoms with E-state index in [4.69, 9.17) is 10.5 Å². The first-order valence-electron chi connectivity index (χ1n) is 8.29. The van der Waals surface area contributed by atoms with Crippen LogP contribution in [0.2, 0.25) is 0 Å². The number of ether oxygens (including phenoxy) is 1. The van der Waals surface area contributed by atoms with E-state index in [0.717, 1.165) is 11.8 Å². The Labute approximate surface area is 168 Å². The zero-order valence-corrected chi connectivity index (χ0v) is 16.6. The van der Waals surface area contributed by atoms with E-state index < -0.39 is 5.91 Å². The van der Waals surface area contributed by atoms with E-state index in [9.17, 15) is 14.4 Å². The molecule has 8 nitrogen and oxygen atoms in total. The Morgan fingerprint density at radius 3 is 2.86 bits per heavy atom. The molecular formula is C18H18N4O4S2. The van der Waals surface area contributed by atoms with Crippen LogP contribution in [0.25, 0.3) is 10.9 Å². The Morgan fingerprint density at radius 2 is 2.11 bits per heavy atom. The van der Waals surface area contributed by atoms with Gasteiger partial charge < -0.3 is 15.8 Å². The molecule has 0 saturated heterocycles. The van der Waals surface area contributed by atoms with Gasteiger partial charge in [-0.2, -0.15) is 0 Å². The molecule has 0 spiro atoms. The van der Waals surface area contributed by atoms with Crippen LogP contribution < -0.4 is 16.6 Å². The van der Waals surface area contributed by atoms with Crippen molar-refractivity contribution in [1.82, 2.24) is 9.55 Å². The molecule has 1 aromatic carbocycles. The molecule has 0 radical (unpaired) electrons. The minimum atomic E-state index is -0.603. The number of hydrogen-bond acceptors (Lipinski definition) is 7. The summed E-state index contributed by atoms with van der Waals surface area (Å²) in [5.41, 5.74) is 5.94. The van der Waals surface area contributed by atoms with E-state index in [1.165, 1.54) is 15.9 Å². The molecule has 0 saturated carbocycles. The van der Waals surface area contributed by atoms with Gasteiger partial charge in [-0.15, -0.1) is 11.3 Å². The molecular weight excluding hydrogens is 400 g/mol. The largest absolute Gasteiger partial charge is 0.383 e. The Balaban J connectivity index is 1.81. The van der Waals surface area contributed by atoms with Crippen molar-refractivity contribution in [1.29, 1.82) is 0 Å². The minimum Gasteiger partial charge on any atom is -0.383 e. The predicted molar refractivity (Wildman–Crippen MR) is 110 cm³/mol. The first-order chi connectivity index (χ1) is 13.5. The van der Waals surface area contributed by atoms with Gasteiger partial charge in [-0.1, -0.05) is 23.9 Å². The van der Waals surface area contributed by atoms with Crippen molar-refractivity contribution in [3.05, 3.63) is 51.6 Å². The molecule has 146 valence electrons. The maximum Gasteiger partial charge on any atom is 0.262 e. The summed E-state index contributed by atoms with van der Waals surface area (Å²) in [4.78, 5) is 41.0. The van der Waals surface area contributed by atoms with E-state index in [0.29, 0.717) is 34.2 Å². The summed E-state index contributed by atoms with van der Waals surface area (Å²) in [7, 11) is 1.55. The molecule has 3 aromatic rings. The molecule has 10 heteroatoms. The molecule has 3 rings (SSSR count). The molecule has 0 aliphatic rings. The highest BCUT2D eigenvalue weighted by Crippen LogP contribution is 2.24. The number of para-hydroxylation sites is 1. The fraction of sp³-hybridized carbons (Fsp3) is 0.222. The third kappa shape index (κ3) is 4.41. The molecule has 2 heterocycles. The second kappa shape index (κ2) is 9.00. The number of nitrogens with one attached hydrogen (secondary N) is 1. The van der Waals surface area contributed by atoms with Gasteiger partial charge in [0.25, 0.3) is 11.5 Å². The van der Waals surface area contributed by atoms with E-state index >= 15 is 0 Å². The van der Waals surface area contributed by atoms with Crippen molar-refractivity contribution >= 4 is 50.8 Å². The molecule has 2 amide bonds. The number of fused-ring (bicyclic) bond motifs is 1. The van der Waals surface area contributed by atoms with Gasteiger partial charge >= 0.3 is 0 Å². The summed E-state index contributed by atoms with van der Waals surface area (Å²) >= 11 is 2.36. The fourth-order valence-electron chi connectivity index (χ4n) is 2.53. The van der Waals surface area contributed by atoms with Gasteiger partial charge in [0.1, 0.15) is 5.00 Å². The summed E-state index contributed by atoms with van der Waals surface area (Å²) < 4.78 is 6.58. The second-order valence-corrected chi connectivity index (χ2v) is 7.58. The lowest BCUT2D eigenvalue weighted by Crippen LogP contribution is -2.26. The highest BCUT2D eigenvalue weighted by molar-refractivity contribution is 7.99. The van der Waals surface area contributed by atoms with Crippen LogP contribution in [0.15, 0.2) is 45.7 Å². The average molecular weight is 419 g/mol. The van der Waals surface area contributed by atoms with Crippen molar-refractivity contribution in [2.45, 2.75) is 11.7 Å². The van der Waals surface area contributed by atoms with E-state index in [1.807, 2.05) is 0 Å². The van der Waals surface area contributed by atoms with Crippen LogP contribution in [0.1, 0.15) is 10.4 Å². The molecule has 0 aliphatic carbocycles. The summed E-state index contributed by atoms with van der Waals surface area (Å²) in [5, 5.41) is 5.69. The summed E-state index contributed by atoms with van der Waals surface area (Å²) in [6.45, 7) is 0.671. The Morgan fingerprint density at radius 1 is 1.32 bits per heavy atom. The van der Waals surface area contributed by atoms with Crippen LogP contribution in [-0.4, -0.2) is 40.8 Å². The molecule has 0 atom stereocenters. The molecule has 2 aromatic heterocycles. The van der Waals surface area contributed by atoms with Gasteiger partial charge in [0.2, 0.25) is 5.91 Å². The van der Waals surface area contributed by atoms with Crippen molar-refractivity contribution in [2.24, 2.45) is 5.73 Å².